The summed E-state index contributed by atoms with van der Waals surface area (Å²) in [5, 5.41) is 26.3. The molecule has 0 aliphatic carbocycles. The molecule has 1 saturated heterocycles. The highest BCUT2D eigenvalue weighted by molar-refractivity contribution is 4.78. The number of hydrogen-bond acceptors (Lipinski definition) is 4. The van der Waals surface area contributed by atoms with E-state index in [4.69, 9.17) is 20.1 Å². The van der Waals surface area contributed by atoms with Crippen LogP contribution in [0.25, 0.3) is 0 Å². The Labute approximate surface area is 65.4 Å². The predicted octanol–water partition coefficient (Wildman–Crippen LogP) is -1.12. The number of ether oxygens (including phenoxy) is 1. The van der Waals surface area contributed by atoms with E-state index in [1.807, 2.05) is 0 Å². The molecule has 0 saturated carbocycles. The Kier molecular flexibility index (Phi) is 3.26. The first-order valence-electron chi connectivity index (χ1n) is 3.83. The maximum absolute atomic E-state index is 9.11. The van der Waals surface area contributed by atoms with Crippen LogP contribution in [0.4, 0.5) is 0 Å². The van der Waals surface area contributed by atoms with Gasteiger partial charge in [-0.2, -0.15) is 0 Å². The fraction of sp³-hybridized carbons (Fsp3) is 1.00. The Balaban J connectivity index is 2.29. The topological polar surface area (TPSA) is 69.9 Å². The minimum atomic E-state index is -0.799. The average molecular weight is 162 g/mol. The lowest BCUT2D eigenvalue weighted by Gasteiger charge is -2.15. The summed E-state index contributed by atoms with van der Waals surface area (Å²) in [6, 6.07) is 0. The van der Waals surface area contributed by atoms with Crippen molar-refractivity contribution >= 4 is 0 Å². The number of rotatable bonds is 3. The minimum Gasteiger partial charge on any atom is -0.394 e. The second-order valence-corrected chi connectivity index (χ2v) is 2.81. The van der Waals surface area contributed by atoms with Crippen LogP contribution in [0, 0.1) is 0 Å². The van der Waals surface area contributed by atoms with Gasteiger partial charge in [0.2, 0.25) is 0 Å². The summed E-state index contributed by atoms with van der Waals surface area (Å²) in [5.74, 6) is 0. The molecule has 3 atom stereocenters. The smallest absolute Gasteiger partial charge is 0.103 e. The fourth-order valence-electron chi connectivity index (χ4n) is 1.27. The van der Waals surface area contributed by atoms with Crippen LogP contribution in [0.5, 0.6) is 0 Å². The first kappa shape index (κ1) is 8.93. The highest BCUT2D eigenvalue weighted by Gasteiger charge is 2.29. The first-order valence-corrected chi connectivity index (χ1v) is 3.83. The molecule has 0 aromatic carbocycles. The lowest BCUT2D eigenvalue weighted by molar-refractivity contribution is -0.0646. The molecule has 1 unspecified atom stereocenters. The molecule has 0 spiro atoms. The van der Waals surface area contributed by atoms with Crippen LogP contribution >= 0.6 is 0 Å². The van der Waals surface area contributed by atoms with Crippen molar-refractivity contribution in [1.82, 2.24) is 0 Å². The van der Waals surface area contributed by atoms with Crippen molar-refractivity contribution < 1.29 is 20.1 Å². The molecule has 0 aromatic heterocycles. The zero-order valence-electron chi connectivity index (χ0n) is 6.31. The van der Waals surface area contributed by atoms with Gasteiger partial charge in [0.25, 0.3) is 0 Å². The van der Waals surface area contributed by atoms with Gasteiger partial charge in [0.05, 0.1) is 25.4 Å². The largest absolute Gasteiger partial charge is 0.394 e. The second kappa shape index (κ2) is 4.01. The van der Waals surface area contributed by atoms with Crippen molar-refractivity contribution in [3.8, 4) is 0 Å². The number of aliphatic hydroxyl groups is 3. The third-order valence-electron chi connectivity index (χ3n) is 1.96. The lowest BCUT2D eigenvalue weighted by atomic mass is 10.1. The van der Waals surface area contributed by atoms with Gasteiger partial charge >= 0.3 is 0 Å². The molecule has 1 aliphatic heterocycles. The molecular weight excluding hydrogens is 148 g/mol. The van der Waals surface area contributed by atoms with E-state index in [1.165, 1.54) is 0 Å². The van der Waals surface area contributed by atoms with E-state index in [2.05, 4.69) is 0 Å². The van der Waals surface area contributed by atoms with Gasteiger partial charge in [-0.15, -0.1) is 0 Å². The molecule has 4 heteroatoms. The monoisotopic (exact) mass is 162 g/mol. The Morgan fingerprint density at radius 1 is 1.36 bits per heavy atom. The van der Waals surface area contributed by atoms with E-state index in [-0.39, 0.29) is 25.4 Å². The molecule has 1 heterocycles. The van der Waals surface area contributed by atoms with Crippen molar-refractivity contribution in [2.24, 2.45) is 0 Å². The first-order chi connectivity index (χ1) is 5.27. The molecular formula is C7H14O4. The van der Waals surface area contributed by atoms with Gasteiger partial charge in [-0.05, 0) is 12.8 Å². The normalized spacial score (nSPS) is 34.1. The summed E-state index contributed by atoms with van der Waals surface area (Å²) < 4.78 is 5.20. The Morgan fingerprint density at radius 3 is 2.55 bits per heavy atom. The predicted molar refractivity (Wildman–Crippen MR) is 38.1 cm³/mol. The summed E-state index contributed by atoms with van der Waals surface area (Å²) in [6.45, 7) is -0.280. The molecule has 0 bridgehead atoms. The van der Waals surface area contributed by atoms with Crippen molar-refractivity contribution in [3.63, 3.8) is 0 Å². The van der Waals surface area contributed by atoms with Crippen LogP contribution in [-0.2, 0) is 4.74 Å². The molecule has 1 fully saturated rings. The van der Waals surface area contributed by atoms with Crippen LogP contribution in [-0.4, -0.2) is 46.8 Å². The molecule has 3 N–H and O–H groups in total. The summed E-state index contributed by atoms with van der Waals surface area (Å²) in [6.07, 6.45) is 0.232. The van der Waals surface area contributed by atoms with Crippen LogP contribution in [0.2, 0.25) is 0 Å². The molecule has 11 heavy (non-hydrogen) atoms. The average Bonchev–Trinajstić information content (AvgIpc) is 2.50. The maximum Gasteiger partial charge on any atom is 0.103 e. The van der Waals surface area contributed by atoms with Crippen molar-refractivity contribution in [2.45, 2.75) is 31.2 Å². The zero-order chi connectivity index (χ0) is 8.27. The van der Waals surface area contributed by atoms with E-state index in [1.54, 1.807) is 0 Å². The molecule has 1 aliphatic rings. The third-order valence-corrected chi connectivity index (χ3v) is 1.96. The van der Waals surface area contributed by atoms with Gasteiger partial charge in [0.15, 0.2) is 0 Å². The molecule has 0 radical (unpaired) electrons. The van der Waals surface area contributed by atoms with E-state index in [9.17, 15) is 0 Å². The summed E-state index contributed by atoms with van der Waals surface area (Å²) in [4.78, 5) is 0. The molecule has 0 aromatic rings. The van der Waals surface area contributed by atoms with Gasteiger partial charge in [-0.1, -0.05) is 0 Å². The van der Waals surface area contributed by atoms with E-state index in [0.29, 0.717) is 6.42 Å². The standard InChI is InChI=1S/C7H14O4/c8-3-5-1-2-7(11-5)6(10)4-9/h5-10H,1-4H2/t5-,6?,7-/m1/s1. The number of hydrogen-bond donors (Lipinski definition) is 3. The minimum absolute atomic E-state index is 0.00531. The number of aliphatic hydroxyl groups excluding tert-OH is 3. The molecule has 1 rings (SSSR count). The van der Waals surface area contributed by atoms with Crippen molar-refractivity contribution in [1.29, 1.82) is 0 Å². The highest BCUT2D eigenvalue weighted by atomic mass is 16.5. The quantitative estimate of drug-likeness (QED) is 0.491. The van der Waals surface area contributed by atoms with Crippen LogP contribution in [0.1, 0.15) is 12.8 Å². The van der Waals surface area contributed by atoms with E-state index < -0.39 is 6.10 Å². The van der Waals surface area contributed by atoms with Crippen LogP contribution < -0.4 is 0 Å². The van der Waals surface area contributed by atoms with Gasteiger partial charge in [-0.3, -0.25) is 0 Å². The van der Waals surface area contributed by atoms with Gasteiger partial charge in [0.1, 0.15) is 6.10 Å². The summed E-state index contributed by atoms with van der Waals surface area (Å²) in [7, 11) is 0. The Morgan fingerprint density at radius 2 is 2.09 bits per heavy atom. The van der Waals surface area contributed by atoms with Gasteiger partial charge in [0, 0.05) is 0 Å². The van der Waals surface area contributed by atoms with E-state index >= 15 is 0 Å². The van der Waals surface area contributed by atoms with Crippen LogP contribution in [0.15, 0.2) is 0 Å². The van der Waals surface area contributed by atoms with Gasteiger partial charge in [-0.25, -0.2) is 0 Å². The third kappa shape index (κ3) is 2.13. The van der Waals surface area contributed by atoms with Crippen LogP contribution in [0.3, 0.4) is 0 Å². The Bertz CT molecular complexity index is 117. The fourth-order valence-corrected chi connectivity index (χ4v) is 1.27. The van der Waals surface area contributed by atoms with Gasteiger partial charge < -0.3 is 20.1 Å². The lowest BCUT2D eigenvalue weighted by Crippen LogP contribution is -2.30. The zero-order valence-corrected chi connectivity index (χ0v) is 6.31. The summed E-state index contributed by atoms with van der Waals surface area (Å²) in [5.41, 5.74) is 0. The van der Waals surface area contributed by atoms with Crippen molar-refractivity contribution in [2.75, 3.05) is 13.2 Å². The van der Waals surface area contributed by atoms with Crippen molar-refractivity contribution in [3.05, 3.63) is 0 Å². The Hall–Kier alpha value is -0.160. The highest BCUT2D eigenvalue weighted by Crippen LogP contribution is 2.21. The molecule has 0 amide bonds. The summed E-state index contributed by atoms with van der Waals surface area (Å²) >= 11 is 0. The molecule has 4 nitrogen and oxygen atoms in total. The second-order valence-electron chi connectivity index (χ2n) is 2.81. The molecule has 66 valence electrons. The maximum atomic E-state index is 9.11. The SMILES string of the molecule is OCC(O)[C@H]1CC[C@H](CO)O1. The van der Waals surface area contributed by atoms with E-state index in [0.717, 1.165) is 6.42 Å².